The van der Waals surface area contributed by atoms with Crippen molar-refractivity contribution < 1.29 is 14.2 Å². The van der Waals surface area contributed by atoms with Gasteiger partial charge >= 0.3 is 0 Å². The van der Waals surface area contributed by atoms with Gasteiger partial charge in [-0.2, -0.15) is 0 Å². The van der Waals surface area contributed by atoms with Crippen LogP contribution in [0.2, 0.25) is 0 Å². The minimum atomic E-state index is -0.249. The first kappa shape index (κ1) is 26.5. The maximum Gasteiger partial charge on any atom is 0.183 e. The zero-order chi connectivity index (χ0) is 24.0. The summed E-state index contributed by atoms with van der Waals surface area (Å²) < 4.78 is 18.2. The molecule has 0 radical (unpaired) electrons. The molecule has 0 amide bonds. The van der Waals surface area contributed by atoms with Crippen molar-refractivity contribution in [2.45, 2.75) is 90.4 Å². The van der Waals surface area contributed by atoms with Crippen LogP contribution in [0.5, 0.6) is 5.75 Å². The normalized spacial score (nSPS) is 19.0. The molecule has 2 aromatic rings. The average molecular weight is 465 g/mol. The van der Waals surface area contributed by atoms with Gasteiger partial charge in [0.1, 0.15) is 5.75 Å². The third kappa shape index (κ3) is 8.92. The Bertz CT molecular complexity index is 804. The second-order valence-electron chi connectivity index (χ2n) is 9.72. The van der Waals surface area contributed by atoms with Crippen molar-refractivity contribution in [3.63, 3.8) is 0 Å². The summed E-state index contributed by atoms with van der Waals surface area (Å²) in [5.41, 5.74) is 3.47. The van der Waals surface area contributed by atoms with Crippen molar-refractivity contribution in [1.82, 2.24) is 0 Å². The molecule has 1 heterocycles. The molecule has 0 aliphatic carbocycles. The van der Waals surface area contributed by atoms with Crippen LogP contribution in [0.4, 0.5) is 0 Å². The van der Waals surface area contributed by atoms with Crippen molar-refractivity contribution in [3.8, 4) is 16.9 Å². The quantitative estimate of drug-likeness (QED) is 0.194. The van der Waals surface area contributed by atoms with Crippen molar-refractivity contribution in [3.05, 3.63) is 66.7 Å². The van der Waals surface area contributed by atoms with Gasteiger partial charge in [-0.1, -0.05) is 81.5 Å². The van der Waals surface area contributed by atoms with E-state index in [1.165, 1.54) is 62.5 Å². The maximum absolute atomic E-state index is 6.10. The van der Waals surface area contributed by atoms with E-state index in [0.29, 0.717) is 5.92 Å². The molecule has 0 spiro atoms. The van der Waals surface area contributed by atoms with Gasteiger partial charge < -0.3 is 14.2 Å². The molecule has 3 rings (SSSR count). The highest BCUT2D eigenvalue weighted by Crippen LogP contribution is 2.30. The third-order valence-electron chi connectivity index (χ3n) is 6.66. The fourth-order valence-corrected chi connectivity index (χ4v) is 4.51. The van der Waals surface area contributed by atoms with Crippen LogP contribution in [0, 0.1) is 5.92 Å². The second kappa shape index (κ2) is 15.0. The van der Waals surface area contributed by atoms with Crippen molar-refractivity contribution in [1.29, 1.82) is 0 Å². The molecule has 1 fully saturated rings. The molecule has 0 bridgehead atoms. The Morgan fingerprint density at radius 1 is 0.882 bits per heavy atom. The van der Waals surface area contributed by atoms with E-state index in [1.54, 1.807) is 0 Å². The average Bonchev–Trinajstić information content (AvgIpc) is 2.87. The van der Waals surface area contributed by atoms with Crippen LogP contribution < -0.4 is 4.74 Å². The van der Waals surface area contributed by atoms with Gasteiger partial charge in [0.05, 0.1) is 19.3 Å². The van der Waals surface area contributed by atoms with Gasteiger partial charge in [0.15, 0.2) is 6.29 Å². The van der Waals surface area contributed by atoms with E-state index < -0.39 is 0 Å². The Kier molecular flexibility index (Phi) is 11.7. The summed E-state index contributed by atoms with van der Waals surface area (Å²) in [5.74, 6) is 1.46. The lowest BCUT2D eigenvalue weighted by atomic mass is 10.0. The van der Waals surface area contributed by atoms with Crippen molar-refractivity contribution in [2.24, 2.45) is 5.92 Å². The van der Waals surface area contributed by atoms with Crippen molar-refractivity contribution >= 4 is 0 Å². The highest BCUT2D eigenvalue weighted by molar-refractivity contribution is 5.64. The maximum atomic E-state index is 6.10. The van der Waals surface area contributed by atoms with E-state index >= 15 is 0 Å². The third-order valence-corrected chi connectivity index (χ3v) is 6.66. The molecule has 186 valence electrons. The zero-order valence-electron chi connectivity index (χ0n) is 21.3. The monoisotopic (exact) mass is 464 g/mol. The minimum Gasteiger partial charge on any atom is -0.491 e. The molecule has 0 saturated carbocycles. The van der Waals surface area contributed by atoms with E-state index in [0.717, 1.165) is 37.4 Å². The molecule has 2 aromatic carbocycles. The van der Waals surface area contributed by atoms with Crippen molar-refractivity contribution in [2.75, 3.05) is 13.2 Å². The Hall–Kier alpha value is -2.10. The molecule has 0 aromatic heterocycles. The summed E-state index contributed by atoms with van der Waals surface area (Å²) in [6, 6.07) is 17.0. The molecule has 0 unspecified atom stereocenters. The molecule has 34 heavy (non-hydrogen) atoms. The molecule has 3 heteroatoms. The Morgan fingerprint density at radius 2 is 1.53 bits per heavy atom. The topological polar surface area (TPSA) is 27.7 Å². The smallest absolute Gasteiger partial charge is 0.183 e. The molecular weight excluding hydrogens is 420 g/mol. The summed E-state index contributed by atoms with van der Waals surface area (Å²) in [4.78, 5) is 0. The second-order valence-corrected chi connectivity index (χ2v) is 9.72. The standard InChI is InChI=1S/C31H44O3/c1-4-6-8-10-12-14-26-23-32-31(33-24-26)29-17-15-27(16-18-29)28-19-21-30(22-20-28)34-25(3)13-11-9-7-5-2/h4,15-22,25-26,31H,1,5-14,23-24H2,2-3H3/t25-,26-,31-/m0/s1. The fraction of sp³-hybridized carbons (Fsp3) is 0.548. The van der Waals surface area contributed by atoms with Crippen LogP contribution in [-0.2, 0) is 9.47 Å². The first-order valence-electron chi connectivity index (χ1n) is 13.4. The van der Waals surface area contributed by atoms with Gasteiger partial charge in [0.25, 0.3) is 0 Å². The van der Waals surface area contributed by atoms with Crippen LogP contribution in [0.15, 0.2) is 61.2 Å². The molecule has 0 N–H and O–H groups in total. The van der Waals surface area contributed by atoms with Crippen LogP contribution in [0.3, 0.4) is 0 Å². The van der Waals surface area contributed by atoms with Crippen LogP contribution in [0.25, 0.3) is 11.1 Å². The van der Waals surface area contributed by atoms with E-state index in [9.17, 15) is 0 Å². The largest absolute Gasteiger partial charge is 0.491 e. The predicted octanol–water partition coefficient (Wildman–Crippen LogP) is 8.89. The van der Waals surface area contributed by atoms with Gasteiger partial charge in [0, 0.05) is 11.5 Å². The molecule has 1 aliphatic heterocycles. The Morgan fingerprint density at radius 3 is 2.18 bits per heavy atom. The number of hydrogen-bond acceptors (Lipinski definition) is 3. The highest BCUT2D eigenvalue weighted by atomic mass is 16.7. The summed E-state index contributed by atoms with van der Waals surface area (Å²) in [7, 11) is 0. The van der Waals surface area contributed by atoms with Crippen LogP contribution in [0.1, 0.15) is 89.9 Å². The highest BCUT2D eigenvalue weighted by Gasteiger charge is 2.23. The van der Waals surface area contributed by atoms with Crippen LogP contribution >= 0.6 is 0 Å². The van der Waals surface area contributed by atoms with Gasteiger partial charge in [-0.3, -0.25) is 0 Å². The molecule has 1 saturated heterocycles. The Labute approximate surface area is 207 Å². The van der Waals surface area contributed by atoms with Gasteiger partial charge in [-0.15, -0.1) is 6.58 Å². The number of ether oxygens (including phenoxy) is 3. The number of benzene rings is 2. The minimum absolute atomic E-state index is 0.249. The fourth-order valence-electron chi connectivity index (χ4n) is 4.51. The molecular formula is C31H44O3. The van der Waals surface area contributed by atoms with E-state index in [1.807, 2.05) is 6.08 Å². The molecule has 3 nitrogen and oxygen atoms in total. The first-order chi connectivity index (χ1) is 16.7. The lowest BCUT2D eigenvalue weighted by Gasteiger charge is -2.29. The Balaban J connectivity index is 1.42. The van der Waals surface area contributed by atoms with Crippen LogP contribution in [-0.4, -0.2) is 19.3 Å². The lowest BCUT2D eigenvalue weighted by molar-refractivity contribution is -0.206. The van der Waals surface area contributed by atoms with E-state index in [-0.39, 0.29) is 12.4 Å². The summed E-state index contributed by atoms with van der Waals surface area (Å²) in [6.07, 6.45) is 14.3. The van der Waals surface area contributed by atoms with Gasteiger partial charge in [-0.25, -0.2) is 0 Å². The van der Waals surface area contributed by atoms with Gasteiger partial charge in [-0.05, 0) is 62.3 Å². The van der Waals surface area contributed by atoms with Gasteiger partial charge in [0.2, 0.25) is 0 Å². The predicted molar refractivity (Wildman–Crippen MR) is 142 cm³/mol. The van der Waals surface area contributed by atoms with E-state index in [4.69, 9.17) is 14.2 Å². The number of rotatable bonds is 15. The SMILES string of the molecule is C=CCCCCC[C@H]1CO[C@H](c2ccc(-c3ccc(O[C@@H](C)CCCCCC)cc3)cc2)OC1. The number of hydrogen-bond donors (Lipinski definition) is 0. The number of unbranched alkanes of at least 4 members (excludes halogenated alkanes) is 6. The summed E-state index contributed by atoms with van der Waals surface area (Å²) in [5, 5.41) is 0. The zero-order valence-corrected chi connectivity index (χ0v) is 21.3. The molecule has 1 aliphatic rings. The van der Waals surface area contributed by atoms with E-state index in [2.05, 4.69) is 69.0 Å². The lowest BCUT2D eigenvalue weighted by Crippen LogP contribution is -2.27. The summed E-state index contributed by atoms with van der Waals surface area (Å²) in [6.45, 7) is 9.77. The summed E-state index contributed by atoms with van der Waals surface area (Å²) >= 11 is 0. The first-order valence-corrected chi connectivity index (χ1v) is 13.4. The molecule has 1 atom stereocenters. The number of allylic oxidation sites excluding steroid dienone is 1.